The maximum atomic E-state index is 12.6. The summed E-state index contributed by atoms with van der Waals surface area (Å²) in [7, 11) is -3.60. The molecular weight excluding hydrogens is 314 g/mol. The van der Waals surface area contributed by atoms with Crippen molar-refractivity contribution >= 4 is 21.6 Å². The van der Waals surface area contributed by atoms with E-state index in [0.717, 1.165) is 37.8 Å². The number of nitrogens with zero attached hydrogens (tertiary/aromatic N) is 1. The molecule has 126 valence electrons. The fourth-order valence-corrected chi connectivity index (χ4v) is 4.94. The van der Waals surface area contributed by atoms with Crippen molar-refractivity contribution in [3.05, 3.63) is 24.3 Å². The van der Waals surface area contributed by atoms with Gasteiger partial charge in [-0.2, -0.15) is 0 Å². The van der Waals surface area contributed by atoms with E-state index < -0.39 is 15.6 Å². The highest BCUT2D eigenvalue weighted by atomic mass is 32.2. The average Bonchev–Trinajstić information content (AvgIpc) is 3.17. The van der Waals surface area contributed by atoms with Crippen LogP contribution in [-0.4, -0.2) is 33.0 Å². The number of rotatable bonds is 5. The summed E-state index contributed by atoms with van der Waals surface area (Å²) in [5.41, 5.74) is 6.04. The summed E-state index contributed by atoms with van der Waals surface area (Å²) >= 11 is 0. The summed E-state index contributed by atoms with van der Waals surface area (Å²) in [4.78, 5) is 13.7. The van der Waals surface area contributed by atoms with Gasteiger partial charge in [0.1, 0.15) is 0 Å². The van der Waals surface area contributed by atoms with Crippen LogP contribution in [0.5, 0.6) is 0 Å². The van der Waals surface area contributed by atoms with Gasteiger partial charge in [-0.1, -0.05) is 12.8 Å². The number of carbonyl (C=O) groups is 1. The predicted molar refractivity (Wildman–Crippen MR) is 88.6 cm³/mol. The molecule has 1 heterocycles. The van der Waals surface area contributed by atoms with Gasteiger partial charge in [0.05, 0.1) is 4.90 Å². The summed E-state index contributed by atoms with van der Waals surface area (Å²) in [6.07, 6.45) is 4.96. The number of anilines is 1. The van der Waals surface area contributed by atoms with Gasteiger partial charge in [-0.15, -0.1) is 0 Å². The van der Waals surface area contributed by atoms with Crippen molar-refractivity contribution in [3.63, 3.8) is 0 Å². The first-order valence-corrected chi connectivity index (χ1v) is 9.59. The highest BCUT2D eigenvalue weighted by Gasteiger charge is 2.36. The van der Waals surface area contributed by atoms with Gasteiger partial charge in [-0.05, 0) is 43.5 Å². The molecule has 23 heavy (non-hydrogen) atoms. The van der Waals surface area contributed by atoms with Crippen LogP contribution in [-0.2, 0) is 14.8 Å². The molecule has 3 rings (SSSR count). The molecule has 0 unspecified atom stereocenters. The Morgan fingerprint density at radius 3 is 2.30 bits per heavy atom. The minimum absolute atomic E-state index is 0.0896. The third kappa shape index (κ3) is 3.27. The molecule has 1 aliphatic heterocycles. The van der Waals surface area contributed by atoms with Crippen molar-refractivity contribution in [1.29, 1.82) is 0 Å². The lowest BCUT2D eigenvalue weighted by Crippen LogP contribution is -2.51. The molecule has 7 heteroatoms. The van der Waals surface area contributed by atoms with Crippen molar-refractivity contribution in [2.24, 2.45) is 5.73 Å². The number of hydrogen-bond acceptors (Lipinski definition) is 4. The van der Waals surface area contributed by atoms with Gasteiger partial charge in [-0.25, -0.2) is 13.1 Å². The Morgan fingerprint density at radius 2 is 1.78 bits per heavy atom. The molecule has 6 nitrogen and oxygen atoms in total. The monoisotopic (exact) mass is 337 g/mol. The predicted octanol–water partition coefficient (Wildman–Crippen LogP) is 1.36. The first-order valence-electron chi connectivity index (χ1n) is 8.10. The molecule has 0 spiro atoms. The van der Waals surface area contributed by atoms with Gasteiger partial charge in [0.2, 0.25) is 15.9 Å². The summed E-state index contributed by atoms with van der Waals surface area (Å²) < 4.78 is 28.0. The molecule has 2 fully saturated rings. The third-order valence-electron chi connectivity index (χ3n) is 4.83. The minimum atomic E-state index is -3.60. The van der Waals surface area contributed by atoms with Crippen molar-refractivity contribution in [1.82, 2.24) is 4.72 Å². The summed E-state index contributed by atoms with van der Waals surface area (Å²) in [6, 6.07) is 6.51. The molecule has 0 radical (unpaired) electrons. The fourth-order valence-electron chi connectivity index (χ4n) is 3.47. The zero-order chi connectivity index (χ0) is 16.5. The van der Waals surface area contributed by atoms with Gasteiger partial charge in [0.25, 0.3) is 0 Å². The number of carbonyl (C=O) groups excluding carboxylic acids is 1. The summed E-state index contributed by atoms with van der Waals surface area (Å²) in [5, 5.41) is 0. The van der Waals surface area contributed by atoms with Crippen molar-refractivity contribution in [2.75, 3.05) is 18.0 Å². The lowest BCUT2D eigenvalue weighted by atomic mass is 10.0. The molecule has 3 N–H and O–H groups in total. The van der Waals surface area contributed by atoms with Crippen LogP contribution in [0.15, 0.2) is 29.2 Å². The number of nitrogens with one attached hydrogen (secondary N) is 1. The van der Waals surface area contributed by atoms with Crippen LogP contribution in [0.1, 0.15) is 38.5 Å². The Morgan fingerprint density at radius 1 is 1.13 bits per heavy atom. The maximum absolute atomic E-state index is 12.6. The van der Waals surface area contributed by atoms with Gasteiger partial charge in [0, 0.05) is 30.7 Å². The van der Waals surface area contributed by atoms with E-state index in [2.05, 4.69) is 4.72 Å². The Bertz CT molecular complexity index is 679. The lowest BCUT2D eigenvalue weighted by Gasteiger charge is -2.28. The third-order valence-corrected chi connectivity index (χ3v) is 6.43. The topological polar surface area (TPSA) is 92.5 Å². The fraction of sp³-hybridized carbons (Fsp3) is 0.562. The largest absolute Gasteiger partial charge is 0.329 e. The first-order chi connectivity index (χ1) is 11.0. The molecule has 1 aliphatic carbocycles. The Labute approximate surface area is 137 Å². The smallest absolute Gasteiger partial charge is 0.241 e. The van der Waals surface area contributed by atoms with E-state index in [9.17, 15) is 13.2 Å². The number of hydrogen-bond donors (Lipinski definition) is 2. The van der Waals surface area contributed by atoms with Crippen LogP contribution in [0, 0.1) is 0 Å². The average molecular weight is 337 g/mol. The summed E-state index contributed by atoms with van der Waals surface area (Å²) in [6.45, 7) is 1.01. The Balaban J connectivity index is 1.79. The van der Waals surface area contributed by atoms with Crippen LogP contribution in [0.3, 0.4) is 0 Å². The van der Waals surface area contributed by atoms with Crippen molar-refractivity contribution < 1.29 is 13.2 Å². The second kappa shape index (κ2) is 6.22. The molecule has 0 atom stereocenters. The van der Waals surface area contributed by atoms with Gasteiger partial charge in [0.15, 0.2) is 0 Å². The highest BCUT2D eigenvalue weighted by Crippen LogP contribution is 2.31. The van der Waals surface area contributed by atoms with E-state index in [-0.39, 0.29) is 10.8 Å². The van der Waals surface area contributed by atoms with E-state index in [1.54, 1.807) is 29.2 Å². The first kappa shape index (κ1) is 16.4. The second-order valence-electron chi connectivity index (χ2n) is 6.44. The van der Waals surface area contributed by atoms with Crippen LogP contribution < -0.4 is 15.4 Å². The minimum Gasteiger partial charge on any atom is -0.329 e. The van der Waals surface area contributed by atoms with Crippen LogP contribution >= 0.6 is 0 Å². The van der Waals surface area contributed by atoms with Crippen molar-refractivity contribution in [2.45, 2.75) is 49.0 Å². The van der Waals surface area contributed by atoms with Crippen molar-refractivity contribution in [3.8, 4) is 0 Å². The number of amides is 1. The number of benzene rings is 1. The van der Waals surface area contributed by atoms with Crippen LogP contribution in [0.2, 0.25) is 0 Å². The number of nitrogens with two attached hydrogens (primary N) is 1. The maximum Gasteiger partial charge on any atom is 0.241 e. The zero-order valence-corrected chi connectivity index (χ0v) is 13.9. The van der Waals surface area contributed by atoms with E-state index in [1.165, 1.54) is 0 Å². The lowest BCUT2D eigenvalue weighted by molar-refractivity contribution is -0.117. The molecule has 0 aromatic heterocycles. The molecule has 1 saturated heterocycles. The van der Waals surface area contributed by atoms with E-state index >= 15 is 0 Å². The molecule has 1 amide bonds. The van der Waals surface area contributed by atoms with E-state index in [0.29, 0.717) is 19.5 Å². The molecule has 2 aliphatic rings. The molecule has 1 aromatic carbocycles. The molecule has 1 aromatic rings. The molecule has 0 bridgehead atoms. The molecule has 1 saturated carbocycles. The zero-order valence-electron chi connectivity index (χ0n) is 13.1. The van der Waals surface area contributed by atoms with Gasteiger partial charge < -0.3 is 10.6 Å². The molecular formula is C16H23N3O3S. The second-order valence-corrected chi connectivity index (χ2v) is 8.12. The van der Waals surface area contributed by atoms with Gasteiger partial charge >= 0.3 is 0 Å². The van der Waals surface area contributed by atoms with E-state index in [4.69, 9.17) is 5.73 Å². The van der Waals surface area contributed by atoms with Gasteiger partial charge in [-0.3, -0.25) is 4.79 Å². The normalized spacial score (nSPS) is 21.1. The SMILES string of the molecule is NCC1(NS(=O)(=O)c2ccc(N3CCCC3=O)cc2)CCCC1. The van der Waals surface area contributed by atoms with Crippen LogP contribution in [0.25, 0.3) is 0 Å². The van der Waals surface area contributed by atoms with E-state index in [1.807, 2.05) is 0 Å². The quantitative estimate of drug-likeness (QED) is 0.848. The summed E-state index contributed by atoms with van der Waals surface area (Å²) in [5.74, 6) is 0.0896. The number of sulfonamides is 1. The Kier molecular flexibility index (Phi) is 4.44. The van der Waals surface area contributed by atoms with Crippen LogP contribution in [0.4, 0.5) is 5.69 Å². The highest BCUT2D eigenvalue weighted by molar-refractivity contribution is 7.89. The standard InChI is InChI=1S/C16H23N3O3S/c17-12-16(9-1-2-10-16)18-23(21,22)14-7-5-13(6-8-14)19-11-3-4-15(19)20/h5-8,18H,1-4,9-12,17H2. The Hall–Kier alpha value is -1.44.